The van der Waals surface area contributed by atoms with Gasteiger partial charge in [-0.3, -0.25) is 0 Å². The maximum atomic E-state index is 5.40. The van der Waals surface area contributed by atoms with Gasteiger partial charge in [-0.1, -0.05) is 19.8 Å². The highest BCUT2D eigenvalue weighted by atomic mass is 31.0. The summed E-state index contributed by atoms with van der Waals surface area (Å²) in [6.07, 6.45) is 6.48. The van der Waals surface area contributed by atoms with Gasteiger partial charge in [0, 0.05) is 0 Å². The molecule has 0 bridgehead atoms. The van der Waals surface area contributed by atoms with Crippen LogP contribution >= 0.6 is 9.24 Å². The molecule has 62 valence electrons. The lowest BCUT2D eigenvalue weighted by Gasteiger charge is -2.08. The molecule has 0 aromatic carbocycles. The Labute approximate surface area is 67.0 Å². The largest absolute Gasteiger partial charge is 0.330 e. The molecule has 0 saturated carbocycles. The predicted molar refractivity (Wildman–Crippen MR) is 51.3 cm³/mol. The number of unbranched alkanes of at least 4 members (excludes halogenated alkanes) is 1. The molecule has 0 aliphatic carbocycles. The van der Waals surface area contributed by atoms with Crippen LogP contribution in [0.4, 0.5) is 0 Å². The van der Waals surface area contributed by atoms with E-state index in [1.54, 1.807) is 0 Å². The molecule has 0 heterocycles. The summed E-state index contributed by atoms with van der Waals surface area (Å²) in [5.41, 5.74) is 6.21. The molecule has 0 saturated heterocycles. The lowest BCUT2D eigenvalue weighted by molar-refractivity contribution is 0.626. The van der Waals surface area contributed by atoms with Crippen molar-refractivity contribution in [1.29, 1.82) is 0 Å². The van der Waals surface area contributed by atoms with Crippen LogP contribution in [0, 0.1) is 0 Å². The van der Waals surface area contributed by atoms with E-state index in [0.717, 1.165) is 12.2 Å². The molecule has 0 aromatic heterocycles. The molecule has 2 atom stereocenters. The topological polar surface area (TPSA) is 26.0 Å². The average molecular weight is 161 g/mol. The first-order chi connectivity index (χ1) is 4.81. The minimum Gasteiger partial charge on any atom is -0.330 e. The highest BCUT2D eigenvalue weighted by Crippen LogP contribution is 2.14. The van der Waals surface area contributed by atoms with Gasteiger partial charge in [0.25, 0.3) is 0 Å². The smallest absolute Gasteiger partial charge is 0.00771 e. The van der Waals surface area contributed by atoms with E-state index in [4.69, 9.17) is 5.73 Å². The molecular weight excluding hydrogens is 141 g/mol. The monoisotopic (exact) mass is 161 g/mol. The third kappa shape index (κ3) is 6.51. The van der Waals surface area contributed by atoms with Gasteiger partial charge in [-0.05, 0) is 31.5 Å². The van der Waals surface area contributed by atoms with Gasteiger partial charge in [0.15, 0.2) is 0 Å². The fraction of sp³-hybridized carbons (Fsp3) is 1.00. The Morgan fingerprint density at radius 2 is 1.90 bits per heavy atom. The van der Waals surface area contributed by atoms with Gasteiger partial charge in [-0.25, -0.2) is 0 Å². The van der Waals surface area contributed by atoms with Gasteiger partial charge in [-0.15, -0.1) is 9.24 Å². The van der Waals surface area contributed by atoms with Crippen LogP contribution in [0.2, 0.25) is 0 Å². The van der Waals surface area contributed by atoms with Gasteiger partial charge in [-0.2, -0.15) is 0 Å². The molecule has 0 fully saturated rings. The average Bonchev–Trinajstić information content (AvgIpc) is 1.97. The minimum absolute atomic E-state index is 0.809. The summed E-state index contributed by atoms with van der Waals surface area (Å²) < 4.78 is 0. The second-order valence-corrected chi connectivity index (χ2v) is 3.78. The summed E-state index contributed by atoms with van der Waals surface area (Å²) >= 11 is 0. The first-order valence-corrected chi connectivity index (χ1v) is 4.93. The minimum atomic E-state index is 0.809. The maximum absolute atomic E-state index is 5.40. The zero-order valence-electron chi connectivity index (χ0n) is 6.97. The van der Waals surface area contributed by atoms with Crippen molar-refractivity contribution < 1.29 is 0 Å². The van der Waals surface area contributed by atoms with E-state index < -0.39 is 0 Å². The zero-order valence-corrected chi connectivity index (χ0v) is 8.13. The van der Waals surface area contributed by atoms with E-state index >= 15 is 0 Å². The molecular formula is C8H20NP. The maximum Gasteiger partial charge on any atom is -0.00771 e. The zero-order chi connectivity index (χ0) is 7.82. The molecule has 2 unspecified atom stereocenters. The summed E-state index contributed by atoms with van der Waals surface area (Å²) in [4.78, 5) is 0. The molecule has 0 amide bonds. The van der Waals surface area contributed by atoms with Crippen molar-refractivity contribution in [2.45, 2.75) is 44.7 Å². The molecule has 0 rings (SSSR count). The third-order valence-electron chi connectivity index (χ3n) is 1.71. The summed E-state index contributed by atoms with van der Waals surface area (Å²) in [6.45, 7) is 3.08. The van der Waals surface area contributed by atoms with Gasteiger partial charge >= 0.3 is 0 Å². The second kappa shape index (κ2) is 7.50. The van der Waals surface area contributed by atoms with Crippen LogP contribution in [-0.4, -0.2) is 12.2 Å². The van der Waals surface area contributed by atoms with E-state index in [1.807, 2.05) is 0 Å². The van der Waals surface area contributed by atoms with Gasteiger partial charge in [0.2, 0.25) is 0 Å². The number of nitrogens with two attached hydrogens (primary N) is 1. The SMILES string of the molecule is CCCCC(P)CCCN. The summed E-state index contributed by atoms with van der Waals surface area (Å²) in [5.74, 6) is 0. The Morgan fingerprint density at radius 1 is 1.30 bits per heavy atom. The Bertz CT molecular complexity index is 58.3. The molecule has 0 aromatic rings. The Hall–Kier alpha value is 0.390. The highest BCUT2D eigenvalue weighted by Gasteiger charge is 1.99. The molecule has 10 heavy (non-hydrogen) atoms. The van der Waals surface area contributed by atoms with Crippen LogP contribution < -0.4 is 5.73 Å². The third-order valence-corrected chi connectivity index (χ3v) is 2.37. The van der Waals surface area contributed by atoms with Crippen LogP contribution in [0.25, 0.3) is 0 Å². The second-order valence-electron chi connectivity index (χ2n) is 2.83. The lowest BCUT2D eigenvalue weighted by atomic mass is 10.1. The van der Waals surface area contributed by atoms with Crippen molar-refractivity contribution in [3.63, 3.8) is 0 Å². The quantitative estimate of drug-likeness (QED) is 0.593. The van der Waals surface area contributed by atoms with Gasteiger partial charge < -0.3 is 5.73 Å². The van der Waals surface area contributed by atoms with Gasteiger partial charge in [0.05, 0.1) is 0 Å². The van der Waals surface area contributed by atoms with E-state index in [-0.39, 0.29) is 0 Å². The lowest BCUT2D eigenvalue weighted by Crippen LogP contribution is -2.04. The summed E-state index contributed by atoms with van der Waals surface area (Å²) in [5, 5.41) is 0. The van der Waals surface area contributed by atoms with Crippen LogP contribution in [0.15, 0.2) is 0 Å². The summed E-state index contributed by atoms with van der Waals surface area (Å²) in [7, 11) is 2.90. The van der Waals surface area contributed by atoms with Crippen molar-refractivity contribution in [3.8, 4) is 0 Å². The van der Waals surface area contributed by atoms with Crippen molar-refractivity contribution in [1.82, 2.24) is 0 Å². The van der Waals surface area contributed by atoms with E-state index in [0.29, 0.717) is 0 Å². The fourth-order valence-corrected chi connectivity index (χ4v) is 1.46. The molecule has 2 heteroatoms. The first-order valence-electron chi connectivity index (χ1n) is 4.27. The van der Waals surface area contributed by atoms with Crippen LogP contribution in [-0.2, 0) is 0 Å². The normalized spacial score (nSPS) is 13.5. The van der Waals surface area contributed by atoms with Gasteiger partial charge in [0.1, 0.15) is 0 Å². The molecule has 1 nitrogen and oxygen atoms in total. The Balaban J connectivity index is 3.00. The Morgan fingerprint density at radius 3 is 2.40 bits per heavy atom. The van der Waals surface area contributed by atoms with Crippen molar-refractivity contribution >= 4 is 9.24 Å². The first kappa shape index (κ1) is 10.4. The standard InChI is InChI=1S/C8H20NP/c1-2-3-5-8(10)6-4-7-9/h8H,2-7,9-10H2,1H3. The van der Waals surface area contributed by atoms with E-state index in [9.17, 15) is 0 Å². The van der Waals surface area contributed by atoms with Crippen LogP contribution in [0.3, 0.4) is 0 Å². The van der Waals surface area contributed by atoms with Crippen molar-refractivity contribution in [3.05, 3.63) is 0 Å². The van der Waals surface area contributed by atoms with Crippen LogP contribution in [0.5, 0.6) is 0 Å². The Kier molecular flexibility index (Phi) is 7.79. The molecule has 0 aliphatic heterocycles. The number of rotatable bonds is 6. The van der Waals surface area contributed by atoms with Crippen LogP contribution in [0.1, 0.15) is 39.0 Å². The summed E-state index contributed by atoms with van der Waals surface area (Å²) in [6, 6.07) is 0. The molecule has 0 aliphatic rings. The fourth-order valence-electron chi connectivity index (χ4n) is 0.991. The number of hydrogen-bond acceptors (Lipinski definition) is 1. The molecule has 0 radical (unpaired) electrons. The van der Waals surface area contributed by atoms with Crippen molar-refractivity contribution in [2.75, 3.05) is 6.54 Å². The number of hydrogen-bond donors (Lipinski definition) is 1. The molecule has 2 N–H and O–H groups in total. The predicted octanol–water partition coefficient (Wildman–Crippen LogP) is 2.16. The van der Waals surface area contributed by atoms with E-state index in [2.05, 4.69) is 16.2 Å². The van der Waals surface area contributed by atoms with E-state index in [1.165, 1.54) is 32.1 Å². The highest BCUT2D eigenvalue weighted by molar-refractivity contribution is 7.17. The molecule has 0 spiro atoms. The van der Waals surface area contributed by atoms with Crippen molar-refractivity contribution in [2.24, 2.45) is 5.73 Å².